The Balaban J connectivity index is 1.96. The van der Waals surface area contributed by atoms with Gasteiger partial charge < -0.3 is 5.32 Å². The van der Waals surface area contributed by atoms with Gasteiger partial charge >= 0.3 is 0 Å². The van der Waals surface area contributed by atoms with Gasteiger partial charge in [-0.3, -0.25) is 4.21 Å². The van der Waals surface area contributed by atoms with E-state index in [4.69, 9.17) is 0 Å². The Hall–Kier alpha value is -1.45. The molecule has 0 aromatic heterocycles. The molecule has 3 heteroatoms. The molecule has 1 aliphatic rings. The molecule has 2 nitrogen and oxygen atoms in total. The standard InChI is InChI=1S/C18H21NOS/c1-13(12-21(2)20)19-18-16-9-5-3-7-14(16)11-15-8-4-6-10-17(15)18/h3-10,13,18-19H,11-12H2,1-2H3. The molecule has 1 aliphatic carbocycles. The summed E-state index contributed by atoms with van der Waals surface area (Å²) in [7, 11) is -0.778. The van der Waals surface area contributed by atoms with Crippen molar-refractivity contribution in [1.82, 2.24) is 5.32 Å². The van der Waals surface area contributed by atoms with Crippen molar-refractivity contribution in [2.75, 3.05) is 12.0 Å². The smallest absolute Gasteiger partial charge is 0.0584 e. The first kappa shape index (κ1) is 14.5. The number of nitrogens with one attached hydrogen (secondary N) is 1. The van der Waals surface area contributed by atoms with Crippen LogP contribution in [0.2, 0.25) is 0 Å². The molecule has 0 aliphatic heterocycles. The lowest BCUT2D eigenvalue weighted by Gasteiger charge is -2.31. The van der Waals surface area contributed by atoms with E-state index in [1.54, 1.807) is 6.26 Å². The summed E-state index contributed by atoms with van der Waals surface area (Å²) < 4.78 is 11.5. The Morgan fingerprint density at radius 1 is 1.10 bits per heavy atom. The molecule has 0 radical (unpaired) electrons. The van der Waals surface area contributed by atoms with Gasteiger partial charge in [0.1, 0.15) is 0 Å². The predicted molar refractivity (Wildman–Crippen MR) is 89.1 cm³/mol. The van der Waals surface area contributed by atoms with Gasteiger partial charge in [0.05, 0.1) is 6.04 Å². The highest BCUT2D eigenvalue weighted by Gasteiger charge is 2.25. The van der Waals surface area contributed by atoms with Crippen molar-refractivity contribution >= 4 is 10.8 Å². The third kappa shape index (κ3) is 3.09. The Morgan fingerprint density at radius 2 is 1.62 bits per heavy atom. The second kappa shape index (κ2) is 6.12. The summed E-state index contributed by atoms with van der Waals surface area (Å²) in [4.78, 5) is 0. The van der Waals surface area contributed by atoms with Crippen LogP contribution in [0.5, 0.6) is 0 Å². The van der Waals surface area contributed by atoms with E-state index < -0.39 is 10.8 Å². The number of hydrogen-bond donors (Lipinski definition) is 1. The largest absolute Gasteiger partial charge is 0.303 e. The fourth-order valence-corrected chi connectivity index (χ4v) is 3.99. The van der Waals surface area contributed by atoms with E-state index in [2.05, 4.69) is 60.8 Å². The summed E-state index contributed by atoms with van der Waals surface area (Å²) >= 11 is 0. The van der Waals surface area contributed by atoms with E-state index >= 15 is 0 Å². The highest BCUT2D eigenvalue weighted by Crippen LogP contribution is 2.34. The summed E-state index contributed by atoms with van der Waals surface area (Å²) in [5, 5.41) is 3.67. The molecule has 0 spiro atoms. The van der Waals surface area contributed by atoms with Crippen molar-refractivity contribution < 1.29 is 4.21 Å². The monoisotopic (exact) mass is 299 g/mol. The van der Waals surface area contributed by atoms with Gasteiger partial charge in [0, 0.05) is 28.9 Å². The normalized spacial score (nSPS) is 16.9. The Kier molecular flexibility index (Phi) is 4.22. The van der Waals surface area contributed by atoms with Crippen LogP contribution in [-0.2, 0) is 17.2 Å². The van der Waals surface area contributed by atoms with Gasteiger partial charge in [0.2, 0.25) is 0 Å². The van der Waals surface area contributed by atoms with Crippen LogP contribution in [0.1, 0.15) is 35.2 Å². The van der Waals surface area contributed by atoms with Crippen LogP contribution in [0.4, 0.5) is 0 Å². The first-order chi connectivity index (χ1) is 10.1. The van der Waals surface area contributed by atoms with Crippen molar-refractivity contribution in [3.63, 3.8) is 0 Å². The van der Waals surface area contributed by atoms with Crippen molar-refractivity contribution in [2.24, 2.45) is 0 Å². The lowest BCUT2D eigenvalue weighted by molar-refractivity contribution is 0.520. The van der Waals surface area contributed by atoms with E-state index in [1.165, 1.54) is 22.3 Å². The summed E-state index contributed by atoms with van der Waals surface area (Å²) in [6.45, 7) is 2.11. The van der Waals surface area contributed by atoms with E-state index in [0.717, 1.165) is 6.42 Å². The maximum Gasteiger partial charge on any atom is 0.0584 e. The van der Waals surface area contributed by atoms with Crippen LogP contribution >= 0.6 is 0 Å². The number of rotatable bonds is 4. The summed E-state index contributed by atoms with van der Waals surface area (Å²) in [5.41, 5.74) is 5.48. The quantitative estimate of drug-likeness (QED) is 0.940. The molecule has 1 N–H and O–H groups in total. The second-order valence-electron chi connectivity index (χ2n) is 5.81. The number of benzene rings is 2. The zero-order valence-electron chi connectivity index (χ0n) is 12.5. The first-order valence-electron chi connectivity index (χ1n) is 7.37. The fraction of sp³-hybridized carbons (Fsp3) is 0.333. The van der Waals surface area contributed by atoms with Crippen LogP contribution in [0.3, 0.4) is 0 Å². The van der Waals surface area contributed by atoms with Crippen LogP contribution in [-0.4, -0.2) is 22.3 Å². The molecule has 0 amide bonds. The molecule has 0 fully saturated rings. The Bertz CT molecular complexity index is 622. The SMILES string of the molecule is CC(CS(C)=O)NC1c2ccccc2Cc2ccccc21. The van der Waals surface area contributed by atoms with E-state index in [1.807, 2.05) is 0 Å². The maximum atomic E-state index is 11.5. The van der Waals surface area contributed by atoms with Gasteiger partial charge in [-0.1, -0.05) is 48.5 Å². The number of fused-ring (bicyclic) bond motifs is 2. The lowest BCUT2D eigenvalue weighted by atomic mass is 9.82. The molecule has 0 saturated heterocycles. The second-order valence-corrected chi connectivity index (χ2v) is 7.29. The molecule has 0 heterocycles. The lowest BCUT2D eigenvalue weighted by Crippen LogP contribution is -2.37. The van der Waals surface area contributed by atoms with Crippen LogP contribution < -0.4 is 5.32 Å². The molecular formula is C18H21NOS. The number of hydrogen-bond acceptors (Lipinski definition) is 2. The van der Waals surface area contributed by atoms with Gasteiger partial charge in [-0.25, -0.2) is 0 Å². The van der Waals surface area contributed by atoms with Gasteiger partial charge in [-0.2, -0.15) is 0 Å². The molecule has 2 atom stereocenters. The summed E-state index contributed by atoms with van der Waals surface area (Å²) in [5.74, 6) is 0.681. The van der Waals surface area contributed by atoms with Crippen molar-refractivity contribution in [1.29, 1.82) is 0 Å². The van der Waals surface area contributed by atoms with Crippen molar-refractivity contribution in [3.8, 4) is 0 Å². The summed E-state index contributed by atoms with van der Waals surface area (Å²) in [6.07, 6.45) is 2.76. The van der Waals surface area contributed by atoms with E-state index in [0.29, 0.717) is 5.75 Å². The molecular weight excluding hydrogens is 278 g/mol. The molecule has 3 rings (SSSR count). The Labute approximate surface area is 129 Å². The molecule has 0 bridgehead atoms. The molecule has 2 unspecified atom stereocenters. The van der Waals surface area contributed by atoms with Gasteiger partial charge in [0.25, 0.3) is 0 Å². The van der Waals surface area contributed by atoms with Crippen LogP contribution in [0.25, 0.3) is 0 Å². The Morgan fingerprint density at radius 3 is 2.14 bits per heavy atom. The van der Waals surface area contributed by atoms with Crippen molar-refractivity contribution in [2.45, 2.75) is 25.4 Å². The van der Waals surface area contributed by atoms with Crippen LogP contribution in [0.15, 0.2) is 48.5 Å². The molecule has 2 aromatic carbocycles. The highest BCUT2D eigenvalue weighted by atomic mass is 32.2. The summed E-state index contributed by atoms with van der Waals surface area (Å²) in [6, 6.07) is 17.7. The minimum atomic E-state index is -0.778. The minimum Gasteiger partial charge on any atom is -0.303 e. The van der Waals surface area contributed by atoms with Gasteiger partial charge in [-0.15, -0.1) is 0 Å². The van der Waals surface area contributed by atoms with Gasteiger partial charge in [0.15, 0.2) is 0 Å². The molecule has 2 aromatic rings. The van der Waals surface area contributed by atoms with E-state index in [-0.39, 0.29) is 12.1 Å². The van der Waals surface area contributed by atoms with E-state index in [9.17, 15) is 4.21 Å². The zero-order valence-corrected chi connectivity index (χ0v) is 13.3. The molecule has 110 valence electrons. The zero-order chi connectivity index (χ0) is 14.8. The van der Waals surface area contributed by atoms with Crippen molar-refractivity contribution in [3.05, 3.63) is 70.8 Å². The molecule has 0 saturated carbocycles. The third-order valence-electron chi connectivity index (χ3n) is 4.05. The highest BCUT2D eigenvalue weighted by molar-refractivity contribution is 7.84. The van der Waals surface area contributed by atoms with Gasteiger partial charge in [-0.05, 0) is 35.6 Å². The molecule has 21 heavy (non-hydrogen) atoms. The minimum absolute atomic E-state index is 0.199. The fourth-order valence-electron chi connectivity index (χ4n) is 3.19. The predicted octanol–water partition coefficient (Wildman–Crippen LogP) is 3.04. The average Bonchev–Trinajstić information content (AvgIpc) is 2.46. The topological polar surface area (TPSA) is 29.1 Å². The maximum absolute atomic E-state index is 11.5. The first-order valence-corrected chi connectivity index (χ1v) is 9.09. The van der Waals surface area contributed by atoms with Crippen LogP contribution in [0, 0.1) is 0 Å². The third-order valence-corrected chi connectivity index (χ3v) is 5.02. The average molecular weight is 299 g/mol.